The summed E-state index contributed by atoms with van der Waals surface area (Å²) in [6.45, 7) is 5.68. The van der Waals surface area contributed by atoms with E-state index in [1.165, 1.54) is 0 Å². The molecule has 0 amide bonds. The van der Waals surface area contributed by atoms with Crippen molar-refractivity contribution in [1.82, 2.24) is 10.2 Å². The third-order valence-electron chi connectivity index (χ3n) is 1.24. The SMILES string of the molecule is C=Cc1cc(CC)[nH]n1. The summed E-state index contributed by atoms with van der Waals surface area (Å²) in [5.41, 5.74) is 2.08. The van der Waals surface area contributed by atoms with E-state index in [1.54, 1.807) is 6.08 Å². The number of nitrogens with one attached hydrogen (secondary N) is 1. The van der Waals surface area contributed by atoms with Gasteiger partial charge in [-0.25, -0.2) is 0 Å². The standard InChI is InChI=1S/C7H10N2/c1-3-6-5-7(4-2)9-8-6/h3,5H,1,4H2,2H3,(H,8,9). The van der Waals surface area contributed by atoms with Gasteiger partial charge in [0.15, 0.2) is 0 Å². The number of hydrogen-bond acceptors (Lipinski definition) is 1. The van der Waals surface area contributed by atoms with Gasteiger partial charge in [-0.05, 0) is 18.6 Å². The molecule has 0 fully saturated rings. The van der Waals surface area contributed by atoms with Gasteiger partial charge in [-0.15, -0.1) is 0 Å². The number of rotatable bonds is 2. The van der Waals surface area contributed by atoms with Crippen molar-refractivity contribution >= 4 is 6.08 Å². The maximum absolute atomic E-state index is 3.96. The summed E-state index contributed by atoms with van der Waals surface area (Å²) in [4.78, 5) is 0. The molecule has 2 nitrogen and oxygen atoms in total. The highest BCUT2D eigenvalue weighted by atomic mass is 15.1. The monoisotopic (exact) mass is 122 g/mol. The average Bonchev–Trinajstić information content (AvgIpc) is 2.34. The Labute approximate surface area is 54.6 Å². The summed E-state index contributed by atoms with van der Waals surface area (Å²) in [6.07, 6.45) is 2.73. The summed E-state index contributed by atoms with van der Waals surface area (Å²) in [5, 5.41) is 6.85. The fraction of sp³-hybridized carbons (Fsp3) is 0.286. The summed E-state index contributed by atoms with van der Waals surface area (Å²) in [6, 6.07) is 1.99. The Balaban J connectivity index is 2.86. The van der Waals surface area contributed by atoms with Gasteiger partial charge in [0.2, 0.25) is 0 Å². The second-order valence-electron chi connectivity index (χ2n) is 1.88. The Morgan fingerprint density at radius 3 is 3.00 bits per heavy atom. The molecule has 0 bridgehead atoms. The Morgan fingerprint density at radius 2 is 2.67 bits per heavy atom. The van der Waals surface area contributed by atoms with Gasteiger partial charge in [0.25, 0.3) is 0 Å². The first-order chi connectivity index (χ1) is 4.36. The van der Waals surface area contributed by atoms with Gasteiger partial charge in [-0.1, -0.05) is 13.5 Å². The van der Waals surface area contributed by atoms with Crippen LogP contribution in [0.1, 0.15) is 18.3 Å². The molecule has 2 heteroatoms. The lowest BCUT2D eigenvalue weighted by molar-refractivity contribution is 0.972. The van der Waals surface area contributed by atoms with Crippen molar-refractivity contribution in [3.8, 4) is 0 Å². The van der Waals surface area contributed by atoms with Gasteiger partial charge < -0.3 is 0 Å². The third-order valence-corrected chi connectivity index (χ3v) is 1.24. The van der Waals surface area contributed by atoms with E-state index in [-0.39, 0.29) is 0 Å². The number of aromatic amines is 1. The van der Waals surface area contributed by atoms with Gasteiger partial charge in [-0.2, -0.15) is 5.10 Å². The summed E-state index contributed by atoms with van der Waals surface area (Å²) in [5.74, 6) is 0. The topological polar surface area (TPSA) is 28.7 Å². The second kappa shape index (κ2) is 2.49. The zero-order valence-corrected chi connectivity index (χ0v) is 5.52. The van der Waals surface area contributed by atoms with E-state index in [0.29, 0.717) is 0 Å². The number of nitrogens with zero attached hydrogens (tertiary/aromatic N) is 1. The molecule has 0 aliphatic rings. The van der Waals surface area contributed by atoms with Crippen molar-refractivity contribution in [2.45, 2.75) is 13.3 Å². The number of aryl methyl sites for hydroxylation is 1. The van der Waals surface area contributed by atoms with Crippen molar-refractivity contribution < 1.29 is 0 Å². The predicted octanol–water partition coefficient (Wildman–Crippen LogP) is 1.62. The highest BCUT2D eigenvalue weighted by Gasteiger charge is 1.91. The molecular weight excluding hydrogens is 112 g/mol. The minimum absolute atomic E-state index is 0.923. The van der Waals surface area contributed by atoms with E-state index in [1.807, 2.05) is 6.07 Å². The third kappa shape index (κ3) is 1.19. The zero-order valence-electron chi connectivity index (χ0n) is 5.52. The summed E-state index contributed by atoms with van der Waals surface area (Å²) < 4.78 is 0. The van der Waals surface area contributed by atoms with Crippen LogP contribution in [0.4, 0.5) is 0 Å². The van der Waals surface area contributed by atoms with Crippen LogP contribution in [0.2, 0.25) is 0 Å². The van der Waals surface area contributed by atoms with Crippen LogP contribution in [0.15, 0.2) is 12.6 Å². The lowest BCUT2D eigenvalue weighted by Crippen LogP contribution is -1.76. The lowest BCUT2D eigenvalue weighted by Gasteiger charge is -1.79. The zero-order chi connectivity index (χ0) is 6.69. The largest absolute Gasteiger partial charge is 0.282 e. The summed E-state index contributed by atoms with van der Waals surface area (Å²) >= 11 is 0. The van der Waals surface area contributed by atoms with Crippen LogP contribution in [-0.4, -0.2) is 10.2 Å². The van der Waals surface area contributed by atoms with Crippen LogP contribution in [-0.2, 0) is 6.42 Å². The van der Waals surface area contributed by atoms with Crippen molar-refractivity contribution in [2.24, 2.45) is 0 Å². The first-order valence-corrected chi connectivity index (χ1v) is 3.03. The molecule has 1 aromatic heterocycles. The van der Waals surface area contributed by atoms with Crippen LogP contribution in [0, 0.1) is 0 Å². The number of hydrogen-bond donors (Lipinski definition) is 1. The fourth-order valence-corrected chi connectivity index (χ4v) is 0.665. The number of H-pyrrole nitrogens is 1. The minimum Gasteiger partial charge on any atom is -0.282 e. The summed E-state index contributed by atoms with van der Waals surface area (Å²) in [7, 11) is 0. The molecule has 0 atom stereocenters. The van der Waals surface area contributed by atoms with E-state index in [0.717, 1.165) is 17.8 Å². The van der Waals surface area contributed by atoms with E-state index < -0.39 is 0 Å². The molecule has 0 unspecified atom stereocenters. The lowest BCUT2D eigenvalue weighted by atomic mass is 10.3. The smallest absolute Gasteiger partial charge is 0.0845 e. The maximum atomic E-state index is 3.96. The van der Waals surface area contributed by atoms with Gasteiger partial charge in [-0.3, -0.25) is 5.10 Å². The van der Waals surface area contributed by atoms with E-state index in [4.69, 9.17) is 0 Å². The van der Waals surface area contributed by atoms with Crippen LogP contribution in [0.3, 0.4) is 0 Å². The predicted molar refractivity (Wildman–Crippen MR) is 38.1 cm³/mol. The Bertz CT molecular complexity index is 200. The molecule has 0 radical (unpaired) electrons. The molecule has 9 heavy (non-hydrogen) atoms. The van der Waals surface area contributed by atoms with Gasteiger partial charge in [0.1, 0.15) is 0 Å². The Hall–Kier alpha value is -1.05. The van der Waals surface area contributed by atoms with Crippen molar-refractivity contribution in [1.29, 1.82) is 0 Å². The highest BCUT2D eigenvalue weighted by Crippen LogP contribution is 1.99. The second-order valence-corrected chi connectivity index (χ2v) is 1.88. The van der Waals surface area contributed by atoms with Crippen LogP contribution < -0.4 is 0 Å². The molecule has 0 saturated heterocycles. The molecule has 48 valence electrons. The molecular formula is C7H10N2. The van der Waals surface area contributed by atoms with E-state index >= 15 is 0 Å². The van der Waals surface area contributed by atoms with Crippen molar-refractivity contribution in [3.05, 3.63) is 24.0 Å². The fourth-order valence-electron chi connectivity index (χ4n) is 0.665. The molecule has 0 aliphatic carbocycles. The quantitative estimate of drug-likeness (QED) is 0.634. The molecule has 0 aromatic carbocycles. The minimum atomic E-state index is 0.923. The number of aromatic nitrogens is 2. The van der Waals surface area contributed by atoms with Crippen LogP contribution in [0.25, 0.3) is 6.08 Å². The van der Waals surface area contributed by atoms with Gasteiger partial charge in [0.05, 0.1) is 5.69 Å². The molecule has 0 aliphatic heterocycles. The van der Waals surface area contributed by atoms with Gasteiger partial charge in [0, 0.05) is 5.69 Å². The van der Waals surface area contributed by atoms with Crippen LogP contribution in [0.5, 0.6) is 0 Å². The Kier molecular flexibility index (Phi) is 1.68. The normalized spacial score (nSPS) is 9.44. The molecule has 1 aromatic rings. The van der Waals surface area contributed by atoms with Crippen molar-refractivity contribution in [3.63, 3.8) is 0 Å². The van der Waals surface area contributed by atoms with Gasteiger partial charge >= 0.3 is 0 Å². The molecule has 1 heterocycles. The average molecular weight is 122 g/mol. The first kappa shape index (κ1) is 6.08. The van der Waals surface area contributed by atoms with E-state index in [2.05, 4.69) is 23.7 Å². The molecule has 0 spiro atoms. The molecule has 1 rings (SSSR count). The first-order valence-electron chi connectivity index (χ1n) is 3.03. The van der Waals surface area contributed by atoms with Crippen LogP contribution >= 0.6 is 0 Å². The van der Waals surface area contributed by atoms with Crippen molar-refractivity contribution in [2.75, 3.05) is 0 Å². The Morgan fingerprint density at radius 1 is 1.89 bits per heavy atom. The molecule has 1 N–H and O–H groups in total. The maximum Gasteiger partial charge on any atom is 0.0845 e. The van der Waals surface area contributed by atoms with E-state index in [9.17, 15) is 0 Å². The molecule has 0 saturated carbocycles. The highest BCUT2D eigenvalue weighted by molar-refractivity contribution is 5.41.